The highest BCUT2D eigenvalue weighted by Crippen LogP contribution is 2.31. The van der Waals surface area contributed by atoms with Gasteiger partial charge in [-0.1, -0.05) is 19.4 Å². The number of rotatable bonds is 4. The molecule has 1 N–H and O–H groups in total. The van der Waals surface area contributed by atoms with Crippen molar-refractivity contribution in [3.05, 3.63) is 11.3 Å². The minimum Gasteiger partial charge on any atom is -0.388 e. The Morgan fingerprint density at radius 2 is 2.08 bits per heavy atom. The highest BCUT2D eigenvalue weighted by Gasteiger charge is 2.17. The number of hydrogen-bond acceptors (Lipinski definition) is 1. The summed E-state index contributed by atoms with van der Waals surface area (Å²) in [5.41, 5.74) is 3.23. The Hall–Kier alpha value is -0.460. The molecule has 0 aromatic heterocycles. The summed E-state index contributed by atoms with van der Waals surface area (Å²) in [5.74, 6) is 0.736. The molecule has 1 fully saturated rings. The lowest BCUT2D eigenvalue weighted by Gasteiger charge is -2.26. The Kier molecular flexibility index (Phi) is 3.64. The maximum atomic E-state index is 3.51. The Morgan fingerprint density at radius 1 is 1.42 bits per heavy atom. The van der Waals surface area contributed by atoms with Crippen molar-refractivity contribution in [1.82, 2.24) is 5.32 Å². The topological polar surface area (TPSA) is 12.0 Å². The molecule has 1 saturated carbocycles. The fraction of sp³-hybridized carbons (Fsp3) is 0.818. The number of hydrogen-bond donors (Lipinski definition) is 1. The van der Waals surface area contributed by atoms with E-state index < -0.39 is 0 Å². The second kappa shape index (κ2) is 4.54. The van der Waals surface area contributed by atoms with Gasteiger partial charge in [0.15, 0.2) is 0 Å². The van der Waals surface area contributed by atoms with Gasteiger partial charge in [-0.3, -0.25) is 0 Å². The van der Waals surface area contributed by atoms with Crippen molar-refractivity contribution < 1.29 is 0 Å². The van der Waals surface area contributed by atoms with Crippen LogP contribution in [-0.4, -0.2) is 6.54 Å². The van der Waals surface area contributed by atoms with Gasteiger partial charge in [0.05, 0.1) is 0 Å². The van der Waals surface area contributed by atoms with E-state index in [4.69, 9.17) is 0 Å². The van der Waals surface area contributed by atoms with Crippen molar-refractivity contribution in [2.45, 2.75) is 46.5 Å². The molecule has 0 aliphatic heterocycles. The van der Waals surface area contributed by atoms with Gasteiger partial charge in [0.2, 0.25) is 0 Å². The van der Waals surface area contributed by atoms with Crippen molar-refractivity contribution in [3.8, 4) is 0 Å². The number of allylic oxidation sites excluding steroid dienone is 2. The minimum atomic E-state index is 0.736. The summed E-state index contributed by atoms with van der Waals surface area (Å²) >= 11 is 0. The molecule has 0 aromatic rings. The standard InChI is InChI=1S/C11H21N/c1-4-9(3)11(12-5-2)10-7-6-8-10/h9,12H,4-8H2,1-3H3. The van der Waals surface area contributed by atoms with Gasteiger partial charge in [-0.2, -0.15) is 0 Å². The second-order valence-corrected chi connectivity index (χ2v) is 3.71. The van der Waals surface area contributed by atoms with Gasteiger partial charge < -0.3 is 5.32 Å². The van der Waals surface area contributed by atoms with E-state index in [1.807, 2.05) is 0 Å². The second-order valence-electron chi connectivity index (χ2n) is 3.71. The molecule has 1 heteroatoms. The van der Waals surface area contributed by atoms with Crippen molar-refractivity contribution in [2.24, 2.45) is 5.92 Å². The lowest BCUT2D eigenvalue weighted by molar-refractivity contribution is 0.541. The lowest BCUT2D eigenvalue weighted by Crippen LogP contribution is -2.22. The van der Waals surface area contributed by atoms with Crippen LogP contribution < -0.4 is 5.32 Å². The van der Waals surface area contributed by atoms with Crippen LogP contribution in [0.5, 0.6) is 0 Å². The van der Waals surface area contributed by atoms with Crippen LogP contribution in [0.1, 0.15) is 46.5 Å². The molecule has 0 saturated heterocycles. The summed E-state index contributed by atoms with van der Waals surface area (Å²) < 4.78 is 0. The first-order chi connectivity index (χ1) is 5.79. The zero-order valence-corrected chi connectivity index (χ0v) is 8.61. The summed E-state index contributed by atoms with van der Waals surface area (Å²) in [7, 11) is 0. The van der Waals surface area contributed by atoms with E-state index in [9.17, 15) is 0 Å². The molecule has 12 heavy (non-hydrogen) atoms. The van der Waals surface area contributed by atoms with Gasteiger partial charge in [-0.15, -0.1) is 0 Å². The molecule has 1 aliphatic rings. The zero-order chi connectivity index (χ0) is 8.97. The van der Waals surface area contributed by atoms with Crippen LogP contribution in [-0.2, 0) is 0 Å². The van der Waals surface area contributed by atoms with Crippen LogP contribution >= 0.6 is 0 Å². The quantitative estimate of drug-likeness (QED) is 0.678. The molecule has 0 amide bonds. The van der Waals surface area contributed by atoms with Crippen molar-refractivity contribution in [1.29, 1.82) is 0 Å². The molecule has 70 valence electrons. The Morgan fingerprint density at radius 3 is 2.42 bits per heavy atom. The third-order valence-electron chi connectivity index (χ3n) is 2.81. The van der Waals surface area contributed by atoms with E-state index in [1.165, 1.54) is 25.7 Å². The SMILES string of the molecule is CCNC(=C1CCC1)C(C)CC. The largest absolute Gasteiger partial charge is 0.388 e. The molecular weight excluding hydrogens is 146 g/mol. The van der Waals surface area contributed by atoms with Crippen LogP contribution in [0.3, 0.4) is 0 Å². The summed E-state index contributed by atoms with van der Waals surface area (Å²) in [6.07, 6.45) is 5.34. The van der Waals surface area contributed by atoms with E-state index >= 15 is 0 Å². The van der Waals surface area contributed by atoms with Crippen molar-refractivity contribution in [3.63, 3.8) is 0 Å². The molecule has 1 atom stereocenters. The molecule has 0 aromatic carbocycles. The summed E-state index contributed by atoms with van der Waals surface area (Å²) in [5, 5.41) is 3.51. The van der Waals surface area contributed by atoms with Gasteiger partial charge in [0.1, 0.15) is 0 Å². The third kappa shape index (κ3) is 2.02. The van der Waals surface area contributed by atoms with Gasteiger partial charge >= 0.3 is 0 Å². The molecular formula is C11H21N. The van der Waals surface area contributed by atoms with Crippen LogP contribution in [0.15, 0.2) is 11.3 Å². The molecule has 1 nitrogen and oxygen atoms in total. The summed E-state index contributed by atoms with van der Waals surface area (Å²) in [6.45, 7) is 7.84. The molecule has 0 bridgehead atoms. The highest BCUT2D eigenvalue weighted by atomic mass is 14.9. The van der Waals surface area contributed by atoms with E-state index in [0.29, 0.717) is 0 Å². The van der Waals surface area contributed by atoms with E-state index in [0.717, 1.165) is 12.5 Å². The zero-order valence-electron chi connectivity index (χ0n) is 8.61. The molecule has 0 radical (unpaired) electrons. The predicted octanol–water partition coefficient (Wildman–Crippen LogP) is 3.08. The molecule has 1 unspecified atom stereocenters. The van der Waals surface area contributed by atoms with Crippen LogP contribution in [0, 0.1) is 5.92 Å². The molecule has 0 heterocycles. The molecule has 0 spiro atoms. The third-order valence-corrected chi connectivity index (χ3v) is 2.81. The first-order valence-electron chi connectivity index (χ1n) is 5.25. The Labute approximate surface area is 76.2 Å². The Balaban J connectivity index is 2.59. The minimum absolute atomic E-state index is 0.736. The van der Waals surface area contributed by atoms with Gasteiger partial charge in [0, 0.05) is 12.2 Å². The average molecular weight is 167 g/mol. The molecule has 1 rings (SSSR count). The van der Waals surface area contributed by atoms with Gasteiger partial charge in [0.25, 0.3) is 0 Å². The molecule has 1 aliphatic carbocycles. The fourth-order valence-electron chi connectivity index (χ4n) is 1.67. The Bertz CT molecular complexity index is 164. The predicted molar refractivity (Wildman–Crippen MR) is 54.0 cm³/mol. The first-order valence-corrected chi connectivity index (χ1v) is 5.25. The van der Waals surface area contributed by atoms with Crippen molar-refractivity contribution in [2.75, 3.05) is 6.54 Å². The summed E-state index contributed by atoms with van der Waals surface area (Å²) in [6, 6.07) is 0. The van der Waals surface area contributed by atoms with Crippen LogP contribution in [0.2, 0.25) is 0 Å². The van der Waals surface area contributed by atoms with E-state index in [-0.39, 0.29) is 0 Å². The first kappa shape index (κ1) is 9.63. The van der Waals surface area contributed by atoms with E-state index in [2.05, 4.69) is 26.1 Å². The maximum Gasteiger partial charge on any atom is 0.0127 e. The van der Waals surface area contributed by atoms with Crippen LogP contribution in [0.4, 0.5) is 0 Å². The van der Waals surface area contributed by atoms with Gasteiger partial charge in [-0.25, -0.2) is 0 Å². The summed E-state index contributed by atoms with van der Waals surface area (Å²) in [4.78, 5) is 0. The average Bonchev–Trinajstić information content (AvgIpc) is 1.99. The maximum absolute atomic E-state index is 3.51. The van der Waals surface area contributed by atoms with Crippen LogP contribution in [0.25, 0.3) is 0 Å². The monoisotopic (exact) mass is 167 g/mol. The van der Waals surface area contributed by atoms with E-state index in [1.54, 1.807) is 11.3 Å². The highest BCUT2D eigenvalue weighted by molar-refractivity contribution is 5.20. The smallest absolute Gasteiger partial charge is 0.0127 e. The van der Waals surface area contributed by atoms with Gasteiger partial charge in [-0.05, 0) is 38.5 Å². The van der Waals surface area contributed by atoms with Crippen molar-refractivity contribution >= 4 is 0 Å². The lowest BCUT2D eigenvalue weighted by atomic mass is 9.86. The fourth-order valence-corrected chi connectivity index (χ4v) is 1.67. The normalized spacial score (nSPS) is 18.4. The number of nitrogens with one attached hydrogen (secondary N) is 1.